The molecule has 0 unspecified atom stereocenters. The van der Waals surface area contributed by atoms with Crippen LogP contribution in [0.25, 0.3) is 0 Å². The molecule has 1 aromatic carbocycles. The maximum Gasteiger partial charge on any atom is 0.191 e. The van der Waals surface area contributed by atoms with E-state index in [-0.39, 0.29) is 0 Å². The summed E-state index contributed by atoms with van der Waals surface area (Å²) >= 11 is 1.70. The molecule has 0 amide bonds. The van der Waals surface area contributed by atoms with Crippen LogP contribution >= 0.6 is 11.3 Å². The summed E-state index contributed by atoms with van der Waals surface area (Å²) in [4.78, 5) is 11.3. The van der Waals surface area contributed by atoms with E-state index in [1.165, 1.54) is 11.1 Å². The lowest BCUT2D eigenvalue weighted by Crippen LogP contribution is -2.38. The minimum Gasteiger partial charge on any atom is -0.356 e. The molecule has 142 valence electrons. The van der Waals surface area contributed by atoms with Crippen LogP contribution in [0.4, 0.5) is 0 Å². The van der Waals surface area contributed by atoms with E-state index in [1.807, 2.05) is 14.0 Å². The zero-order valence-electron chi connectivity index (χ0n) is 16.4. The van der Waals surface area contributed by atoms with Crippen LogP contribution in [0.15, 0.2) is 34.6 Å². The molecule has 6 heteroatoms. The van der Waals surface area contributed by atoms with Gasteiger partial charge < -0.3 is 10.6 Å². The Labute approximate surface area is 161 Å². The van der Waals surface area contributed by atoms with Gasteiger partial charge in [-0.2, -0.15) is 0 Å². The molecule has 2 rings (SSSR count). The maximum atomic E-state index is 4.50. The van der Waals surface area contributed by atoms with Crippen LogP contribution in [0.3, 0.4) is 0 Å². The molecule has 0 radical (unpaired) electrons. The molecule has 1 heterocycles. The summed E-state index contributed by atoms with van der Waals surface area (Å²) in [6.45, 7) is 11.2. The van der Waals surface area contributed by atoms with Gasteiger partial charge in [0.1, 0.15) is 0 Å². The normalized spacial score (nSPS) is 11.8. The highest BCUT2D eigenvalue weighted by atomic mass is 32.1. The Kier molecular flexibility index (Phi) is 8.58. The Morgan fingerprint density at radius 1 is 1.15 bits per heavy atom. The minimum absolute atomic E-state index is 0.771. The van der Waals surface area contributed by atoms with Crippen molar-refractivity contribution >= 4 is 17.3 Å². The second-order valence-corrected chi connectivity index (χ2v) is 7.25. The SMILES string of the molecule is CCN(CC)Cc1ccccc1CNC(=NC)NCCc1csc(C)n1. The van der Waals surface area contributed by atoms with Crippen molar-refractivity contribution in [3.05, 3.63) is 51.5 Å². The summed E-state index contributed by atoms with van der Waals surface area (Å²) in [5.41, 5.74) is 3.83. The first kappa shape index (κ1) is 20.4. The van der Waals surface area contributed by atoms with E-state index < -0.39 is 0 Å². The lowest BCUT2D eigenvalue weighted by molar-refractivity contribution is 0.295. The van der Waals surface area contributed by atoms with Crippen LogP contribution in [0.2, 0.25) is 0 Å². The van der Waals surface area contributed by atoms with Crippen molar-refractivity contribution in [2.45, 2.75) is 40.3 Å². The van der Waals surface area contributed by atoms with Gasteiger partial charge in [-0.3, -0.25) is 9.89 Å². The Hall–Kier alpha value is -1.92. The third-order valence-electron chi connectivity index (χ3n) is 4.42. The van der Waals surface area contributed by atoms with Gasteiger partial charge in [-0.25, -0.2) is 4.98 Å². The predicted octanol–water partition coefficient (Wildman–Crippen LogP) is 3.20. The summed E-state index contributed by atoms with van der Waals surface area (Å²) in [5.74, 6) is 0.828. The molecule has 1 aromatic heterocycles. The lowest BCUT2D eigenvalue weighted by Gasteiger charge is -2.20. The largest absolute Gasteiger partial charge is 0.356 e. The van der Waals surface area contributed by atoms with Crippen molar-refractivity contribution in [2.75, 3.05) is 26.7 Å². The van der Waals surface area contributed by atoms with Gasteiger partial charge in [0, 0.05) is 38.5 Å². The van der Waals surface area contributed by atoms with E-state index in [4.69, 9.17) is 0 Å². The molecule has 5 nitrogen and oxygen atoms in total. The molecule has 2 aromatic rings. The number of hydrogen-bond donors (Lipinski definition) is 2. The molecular weight excluding hydrogens is 342 g/mol. The number of rotatable bonds is 9. The molecule has 0 aliphatic carbocycles. The molecule has 26 heavy (non-hydrogen) atoms. The Morgan fingerprint density at radius 2 is 1.88 bits per heavy atom. The number of aromatic nitrogens is 1. The second-order valence-electron chi connectivity index (χ2n) is 6.19. The Balaban J connectivity index is 1.85. The summed E-state index contributed by atoms with van der Waals surface area (Å²) < 4.78 is 0. The van der Waals surface area contributed by atoms with Gasteiger partial charge in [-0.05, 0) is 31.1 Å². The number of benzene rings is 1. The van der Waals surface area contributed by atoms with Crippen molar-refractivity contribution in [1.29, 1.82) is 0 Å². The molecular formula is C20H31N5S. The van der Waals surface area contributed by atoms with Gasteiger partial charge in [0.25, 0.3) is 0 Å². The fraction of sp³-hybridized carbons (Fsp3) is 0.500. The average molecular weight is 374 g/mol. The number of nitrogens with zero attached hydrogens (tertiary/aromatic N) is 3. The van der Waals surface area contributed by atoms with Crippen LogP contribution < -0.4 is 10.6 Å². The fourth-order valence-corrected chi connectivity index (χ4v) is 3.45. The smallest absolute Gasteiger partial charge is 0.191 e. The highest BCUT2D eigenvalue weighted by molar-refractivity contribution is 7.09. The molecule has 0 spiro atoms. The van der Waals surface area contributed by atoms with Crippen LogP contribution in [0.5, 0.6) is 0 Å². The van der Waals surface area contributed by atoms with E-state index in [0.29, 0.717) is 0 Å². The van der Waals surface area contributed by atoms with Gasteiger partial charge in [-0.1, -0.05) is 38.1 Å². The zero-order chi connectivity index (χ0) is 18.8. The standard InChI is InChI=1S/C20H31N5S/c1-5-25(6-2)14-18-10-8-7-9-17(18)13-23-20(21-4)22-12-11-19-15-26-16(3)24-19/h7-10,15H,5-6,11-14H2,1-4H3,(H2,21,22,23). The van der Waals surface area contributed by atoms with Crippen LogP contribution in [0, 0.1) is 6.92 Å². The first-order valence-corrected chi connectivity index (χ1v) is 10.2. The molecule has 0 saturated heterocycles. The monoisotopic (exact) mass is 373 g/mol. The highest BCUT2D eigenvalue weighted by Crippen LogP contribution is 2.12. The fourth-order valence-electron chi connectivity index (χ4n) is 2.80. The van der Waals surface area contributed by atoms with Gasteiger partial charge >= 0.3 is 0 Å². The topological polar surface area (TPSA) is 52.5 Å². The predicted molar refractivity (Wildman–Crippen MR) is 112 cm³/mol. The van der Waals surface area contributed by atoms with Crippen LogP contribution in [-0.2, 0) is 19.5 Å². The van der Waals surface area contributed by atoms with E-state index in [2.05, 4.69) is 69.0 Å². The van der Waals surface area contributed by atoms with E-state index >= 15 is 0 Å². The van der Waals surface area contributed by atoms with Crippen molar-refractivity contribution in [3.8, 4) is 0 Å². The van der Waals surface area contributed by atoms with Gasteiger partial charge in [0.05, 0.1) is 10.7 Å². The van der Waals surface area contributed by atoms with Crippen molar-refractivity contribution in [2.24, 2.45) is 4.99 Å². The summed E-state index contributed by atoms with van der Waals surface area (Å²) in [6, 6.07) is 8.63. The Morgan fingerprint density at radius 3 is 2.50 bits per heavy atom. The number of nitrogens with one attached hydrogen (secondary N) is 2. The third-order valence-corrected chi connectivity index (χ3v) is 5.24. The number of guanidine groups is 1. The summed E-state index contributed by atoms with van der Waals surface area (Å²) in [6.07, 6.45) is 0.906. The first-order valence-electron chi connectivity index (χ1n) is 9.30. The Bertz CT molecular complexity index is 691. The number of thiazole rings is 1. The molecule has 0 bridgehead atoms. The van der Waals surface area contributed by atoms with Crippen LogP contribution in [-0.4, -0.2) is 42.5 Å². The summed E-state index contributed by atoms with van der Waals surface area (Å²) in [5, 5.41) is 10.0. The molecule has 2 N–H and O–H groups in total. The maximum absolute atomic E-state index is 4.50. The van der Waals surface area contributed by atoms with Gasteiger partial charge in [0.2, 0.25) is 0 Å². The van der Waals surface area contributed by atoms with E-state index in [0.717, 1.165) is 55.8 Å². The molecule has 0 aliphatic rings. The summed E-state index contributed by atoms with van der Waals surface area (Å²) in [7, 11) is 1.81. The lowest BCUT2D eigenvalue weighted by atomic mass is 10.1. The van der Waals surface area contributed by atoms with Crippen molar-refractivity contribution in [3.63, 3.8) is 0 Å². The molecule has 0 aliphatic heterocycles. The van der Waals surface area contributed by atoms with E-state index in [9.17, 15) is 0 Å². The third kappa shape index (κ3) is 6.42. The van der Waals surface area contributed by atoms with Gasteiger partial charge in [-0.15, -0.1) is 11.3 Å². The van der Waals surface area contributed by atoms with E-state index in [1.54, 1.807) is 11.3 Å². The number of aryl methyl sites for hydroxylation is 1. The first-order chi connectivity index (χ1) is 12.7. The van der Waals surface area contributed by atoms with Crippen molar-refractivity contribution < 1.29 is 0 Å². The van der Waals surface area contributed by atoms with Crippen LogP contribution in [0.1, 0.15) is 35.7 Å². The van der Waals surface area contributed by atoms with Crippen molar-refractivity contribution in [1.82, 2.24) is 20.5 Å². The molecule has 0 atom stereocenters. The average Bonchev–Trinajstić information content (AvgIpc) is 3.08. The highest BCUT2D eigenvalue weighted by Gasteiger charge is 2.07. The second kappa shape index (κ2) is 10.9. The minimum atomic E-state index is 0.771. The van der Waals surface area contributed by atoms with Gasteiger partial charge in [0.15, 0.2) is 5.96 Å². The quantitative estimate of drug-likeness (QED) is 0.523. The number of aliphatic imine (C=N–C) groups is 1. The molecule has 0 fully saturated rings. The number of hydrogen-bond acceptors (Lipinski definition) is 4. The molecule has 0 saturated carbocycles. The zero-order valence-corrected chi connectivity index (χ0v) is 17.2.